The summed E-state index contributed by atoms with van der Waals surface area (Å²) in [6.07, 6.45) is 0. The summed E-state index contributed by atoms with van der Waals surface area (Å²) < 4.78 is 0. The van der Waals surface area contributed by atoms with Gasteiger partial charge in [-0.05, 0) is 0 Å². The van der Waals surface area contributed by atoms with Crippen molar-refractivity contribution >= 4 is 17.9 Å². The Morgan fingerprint density at radius 1 is 0.545 bits per heavy atom. The van der Waals surface area contributed by atoms with Crippen LogP contribution in [0.15, 0.2) is 0 Å². The number of nitrogens with two attached hydrogens (primary N) is 3. The minimum Gasteiger partial charge on any atom is -0.480 e. The van der Waals surface area contributed by atoms with Crippen LogP contribution in [-0.2, 0) is 55.2 Å². The van der Waals surface area contributed by atoms with Crippen LogP contribution in [0.5, 0.6) is 0 Å². The first-order valence-corrected chi connectivity index (χ1v) is 5.26. The molecular weight excluding hydrogens is 657 g/mol. The number of carbonyl (C=O) groups is 3. The molecule has 0 aromatic carbocycles. The molecule has 23 heteroatoms. The first-order chi connectivity index (χ1) is 12.0. The Kier molecular flexibility index (Phi) is 165. The summed E-state index contributed by atoms with van der Waals surface area (Å²) in [4.78, 5) is 52.8. The van der Waals surface area contributed by atoms with E-state index in [0.717, 1.165) is 0 Å². The van der Waals surface area contributed by atoms with E-state index in [0.29, 0.717) is 0 Å². The molecular formula is C10H34N6O15Pd2. The molecule has 0 rings (SSSR count). The van der Waals surface area contributed by atoms with E-state index >= 15 is 0 Å². The zero-order valence-electron chi connectivity index (χ0n) is 13.7. The molecule has 0 saturated carbocycles. The normalized spacial score (nSPS) is 5.55. The molecule has 0 amide bonds. The van der Waals surface area contributed by atoms with Crippen LogP contribution >= 0.6 is 0 Å². The number of hydrogen-bond donors (Lipinski definition) is 9. The van der Waals surface area contributed by atoms with E-state index in [9.17, 15) is 14.4 Å². The maximum Gasteiger partial charge on any atom is 0.317 e. The van der Waals surface area contributed by atoms with Crippen LogP contribution in [0.25, 0.3) is 0 Å². The molecule has 0 spiro atoms. The number of rotatable bonds is 3. The monoisotopic (exact) mass is 690 g/mol. The maximum atomic E-state index is 9.24. The fraction of sp³-hybridized carbons (Fsp3) is 0.700. The molecule has 0 aliphatic rings. The third kappa shape index (κ3) is 2090. The molecule has 0 radical (unpaired) electrons. The van der Waals surface area contributed by atoms with Crippen LogP contribution in [0.2, 0.25) is 0 Å². The molecule has 0 aromatic rings. The van der Waals surface area contributed by atoms with Gasteiger partial charge in [0, 0.05) is 40.8 Å². The zero-order chi connectivity index (χ0) is 23.6. The molecule has 0 aliphatic carbocycles. The summed E-state index contributed by atoms with van der Waals surface area (Å²) in [7, 11) is 0. The Morgan fingerprint density at radius 2 is 0.576 bits per heavy atom. The summed E-state index contributed by atoms with van der Waals surface area (Å²) in [5.74, 6) is -2.90. The number of aliphatic carboxylic acids is 3. The van der Waals surface area contributed by atoms with Gasteiger partial charge in [-0.1, -0.05) is 29.7 Å². The average Bonchev–Trinajstić information content (AvgIpc) is 2.46. The van der Waals surface area contributed by atoms with Gasteiger partial charge in [-0.2, -0.15) is 0 Å². The Balaban J connectivity index is -0.0000000155. The Bertz CT molecular complexity index is 372. The van der Waals surface area contributed by atoms with Crippen molar-refractivity contribution in [1.82, 2.24) is 0 Å². The van der Waals surface area contributed by atoms with Gasteiger partial charge >= 0.3 is 17.9 Å². The molecule has 33 heavy (non-hydrogen) atoms. The first-order valence-electron chi connectivity index (χ1n) is 5.26. The number of hydrogen-bond acceptors (Lipinski definition) is 12. The minimum atomic E-state index is -1.50. The molecule has 0 atom stereocenters. The van der Waals surface area contributed by atoms with Crippen molar-refractivity contribution in [3.05, 3.63) is 30.3 Å². The molecule has 0 aromatic heterocycles. The molecule has 0 bridgehead atoms. The van der Waals surface area contributed by atoms with Gasteiger partial charge in [0.2, 0.25) is 0 Å². The summed E-state index contributed by atoms with van der Waals surface area (Å²) in [5.41, 5.74) is 13.7. The topological polar surface area (TPSA) is 380 Å². The van der Waals surface area contributed by atoms with E-state index in [-0.39, 0.29) is 90.2 Å². The van der Waals surface area contributed by atoms with Crippen LogP contribution in [-0.4, -0.2) is 83.7 Å². The number of carboxylic acids is 3. The zero-order valence-corrected chi connectivity index (χ0v) is 16.8. The Hall–Kier alpha value is -2.79. The quantitative estimate of drug-likeness (QED) is 0.0931. The standard InChI is InChI=1S/3C2H5NO2.4CH4.3HNO3.2Pd/c3*3-1-2(4)5;;;;;3*2-1(3)4;;/h3*1,3H2,(H,4,5);4*1H4;3*(H,2,3,4);;. The van der Waals surface area contributed by atoms with E-state index in [1.165, 1.54) is 0 Å². The SMILES string of the molecule is C.C.C.C.NCC(=O)O.NCC(=O)O.NCC(=O)O.O=[N+]([O-])O.O=[N+]([O-])O.O=[N+]([O-])O.[Pd].[Pd]. The molecule has 0 heterocycles. The fourth-order valence-corrected chi connectivity index (χ4v) is 0. The van der Waals surface area contributed by atoms with Gasteiger partial charge in [-0.15, -0.1) is 30.3 Å². The van der Waals surface area contributed by atoms with Crippen LogP contribution in [0.4, 0.5) is 0 Å². The van der Waals surface area contributed by atoms with E-state index in [1.807, 2.05) is 0 Å². The third-order valence-electron chi connectivity index (χ3n) is 0.524. The van der Waals surface area contributed by atoms with E-state index in [1.54, 1.807) is 0 Å². The van der Waals surface area contributed by atoms with Gasteiger partial charge in [0.25, 0.3) is 15.3 Å². The second-order valence-electron chi connectivity index (χ2n) is 2.51. The first kappa shape index (κ1) is 77.7. The van der Waals surface area contributed by atoms with Crippen LogP contribution in [0, 0.1) is 30.3 Å². The van der Waals surface area contributed by atoms with Crippen molar-refractivity contribution < 1.29 is 101 Å². The molecule has 0 fully saturated rings. The summed E-state index contributed by atoms with van der Waals surface area (Å²) in [5, 5.41) is 63.7. The predicted molar refractivity (Wildman–Crippen MR) is 103 cm³/mol. The van der Waals surface area contributed by atoms with Gasteiger partial charge in [-0.25, -0.2) is 0 Å². The Morgan fingerprint density at radius 3 is 0.576 bits per heavy atom. The van der Waals surface area contributed by atoms with Gasteiger partial charge < -0.3 is 48.1 Å². The smallest absolute Gasteiger partial charge is 0.317 e. The van der Waals surface area contributed by atoms with E-state index in [4.69, 9.17) is 61.3 Å². The van der Waals surface area contributed by atoms with Crippen molar-refractivity contribution in [3.63, 3.8) is 0 Å². The molecule has 0 saturated heterocycles. The second kappa shape index (κ2) is 70.1. The van der Waals surface area contributed by atoms with Crippen LogP contribution in [0.1, 0.15) is 29.7 Å². The second-order valence-corrected chi connectivity index (χ2v) is 2.51. The molecule has 214 valence electrons. The van der Waals surface area contributed by atoms with E-state index in [2.05, 4.69) is 17.2 Å². The van der Waals surface area contributed by atoms with Crippen molar-refractivity contribution in [2.24, 2.45) is 17.2 Å². The van der Waals surface area contributed by atoms with Crippen molar-refractivity contribution in [2.45, 2.75) is 29.7 Å². The maximum absolute atomic E-state index is 9.24. The van der Waals surface area contributed by atoms with Crippen molar-refractivity contribution in [2.75, 3.05) is 19.6 Å². The third-order valence-corrected chi connectivity index (χ3v) is 0.524. The Labute approximate surface area is 216 Å². The van der Waals surface area contributed by atoms with E-state index < -0.39 is 33.2 Å². The summed E-state index contributed by atoms with van der Waals surface area (Å²) in [6, 6.07) is 0. The summed E-state index contributed by atoms with van der Waals surface area (Å²) >= 11 is 0. The van der Waals surface area contributed by atoms with Gasteiger partial charge in [0.1, 0.15) is 0 Å². The molecule has 0 unspecified atom stereocenters. The molecule has 21 nitrogen and oxygen atoms in total. The summed E-state index contributed by atoms with van der Waals surface area (Å²) in [6.45, 7) is -0.833. The molecule has 12 N–H and O–H groups in total. The van der Waals surface area contributed by atoms with Gasteiger partial charge in [0.05, 0.1) is 19.6 Å². The molecule has 0 aliphatic heterocycles. The fourth-order valence-electron chi connectivity index (χ4n) is 0. The van der Waals surface area contributed by atoms with Gasteiger partial charge in [-0.3, -0.25) is 14.4 Å². The van der Waals surface area contributed by atoms with Crippen molar-refractivity contribution in [1.29, 1.82) is 0 Å². The van der Waals surface area contributed by atoms with Crippen molar-refractivity contribution in [3.8, 4) is 0 Å². The number of nitrogens with zero attached hydrogens (tertiary/aromatic N) is 3. The van der Waals surface area contributed by atoms with Crippen LogP contribution < -0.4 is 17.2 Å². The minimum absolute atomic E-state index is 0. The largest absolute Gasteiger partial charge is 0.480 e. The van der Waals surface area contributed by atoms with Gasteiger partial charge in [0.15, 0.2) is 0 Å². The number of carboxylic acid groups (broad SMARTS) is 3. The predicted octanol–water partition coefficient (Wildman–Crippen LogP) is -1.41. The van der Waals surface area contributed by atoms with Crippen LogP contribution in [0.3, 0.4) is 0 Å². The average molecular weight is 691 g/mol.